The van der Waals surface area contributed by atoms with Gasteiger partial charge in [0.05, 0.1) is 12.2 Å². The minimum atomic E-state index is 0.532. The first kappa shape index (κ1) is 8.25. The maximum atomic E-state index is 6.14. The van der Waals surface area contributed by atoms with Crippen molar-refractivity contribution in [3.8, 4) is 0 Å². The Morgan fingerprint density at radius 1 is 1.08 bits per heavy atom. The van der Waals surface area contributed by atoms with Crippen LogP contribution in [0, 0.1) is 11.8 Å². The lowest BCUT2D eigenvalue weighted by molar-refractivity contribution is -0.0297. The van der Waals surface area contributed by atoms with Gasteiger partial charge in [0.25, 0.3) is 0 Å². The molecule has 2 saturated carbocycles. The summed E-state index contributed by atoms with van der Waals surface area (Å²) in [6.07, 6.45) is 8.14. The molecule has 4 atom stereocenters. The van der Waals surface area contributed by atoms with Crippen molar-refractivity contribution >= 4 is 0 Å². The van der Waals surface area contributed by atoms with Crippen LogP contribution in [0.2, 0.25) is 0 Å². The van der Waals surface area contributed by atoms with Gasteiger partial charge in [-0.3, -0.25) is 0 Å². The summed E-state index contributed by atoms with van der Waals surface area (Å²) in [6.45, 7) is 2.25. The van der Waals surface area contributed by atoms with Gasteiger partial charge in [-0.1, -0.05) is 0 Å². The molecule has 0 radical (unpaired) electrons. The van der Waals surface area contributed by atoms with Crippen molar-refractivity contribution in [1.82, 2.24) is 5.32 Å². The average molecular weight is 181 g/mol. The third-order valence-electron chi connectivity index (χ3n) is 4.06. The summed E-state index contributed by atoms with van der Waals surface area (Å²) >= 11 is 0. The third-order valence-corrected chi connectivity index (χ3v) is 4.06. The highest BCUT2D eigenvalue weighted by atomic mass is 16.5. The Bertz CT molecular complexity index is 189. The Kier molecular flexibility index (Phi) is 2.06. The summed E-state index contributed by atoms with van der Waals surface area (Å²) in [5.74, 6) is 1.94. The SMILES string of the molecule is C1CC(OC2CC3CCC2C3)CN1. The molecule has 74 valence electrons. The lowest BCUT2D eigenvalue weighted by Gasteiger charge is -2.25. The molecule has 0 amide bonds. The van der Waals surface area contributed by atoms with Crippen LogP contribution in [-0.2, 0) is 4.74 Å². The fourth-order valence-corrected chi connectivity index (χ4v) is 3.34. The molecule has 1 aliphatic heterocycles. The summed E-state index contributed by atoms with van der Waals surface area (Å²) in [7, 11) is 0. The molecule has 3 rings (SSSR count). The lowest BCUT2D eigenvalue weighted by Crippen LogP contribution is -2.28. The van der Waals surface area contributed by atoms with E-state index in [1.165, 1.54) is 32.1 Å². The number of hydrogen-bond donors (Lipinski definition) is 1. The van der Waals surface area contributed by atoms with E-state index < -0.39 is 0 Å². The van der Waals surface area contributed by atoms with E-state index in [9.17, 15) is 0 Å². The van der Waals surface area contributed by atoms with E-state index in [4.69, 9.17) is 4.74 Å². The molecule has 0 aromatic rings. The largest absolute Gasteiger partial charge is 0.373 e. The summed E-state index contributed by atoms with van der Waals surface area (Å²) in [6, 6.07) is 0. The number of rotatable bonds is 2. The first-order valence-corrected chi connectivity index (χ1v) is 5.78. The van der Waals surface area contributed by atoms with Gasteiger partial charge in [0.15, 0.2) is 0 Å². The van der Waals surface area contributed by atoms with E-state index in [0.29, 0.717) is 12.2 Å². The van der Waals surface area contributed by atoms with Crippen LogP contribution in [0.15, 0.2) is 0 Å². The van der Waals surface area contributed by atoms with Gasteiger partial charge in [-0.2, -0.15) is 0 Å². The van der Waals surface area contributed by atoms with Crippen molar-refractivity contribution < 1.29 is 4.74 Å². The van der Waals surface area contributed by atoms with Crippen LogP contribution in [0.1, 0.15) is 32.1 Å². The fourth-order valence-electron chi connectivity index (χ4n) is 3.34. The smallest absolute Gasteiger partial charge is 0.0715 e. The average Bonchev–Trinajstić information content (AvgIpc) is 2.77. The molecular formula is C11H19NO. The quantitative estimate of drug-likeness (QED) is 0.698. The summed E-state index contributed by atoms with van der Waals surface area (Å²) in [5, 5.41) is 3.37. The molecule has 2 aliphatic carbocycles. The van der Waals surface area contributed by atoms with E-state index in [1.807, 2.05) is 0 Å². The van der Waals surface area contributed by atoms with Gasteiger partial charge in [0, 0.05) is 6.54 Å². The Balaban J connectivity index is 1.55. The number of nitrogens with one attached hydrogen (secondary N) is 1. The number of ether oxygens (including phenoxy) is 1. The van der Waals surface area contributed by atoms with Crippen LogP contribution < -0.4 is 5.32 Å². The van der Waals surface area contributed by atoms with Gasteiger partial charge in [-0.05, 0) is 50.5 Å². The van der Waals surface area contributed by atoms with Crippen LogP contribution in [0.25, 0.3) is 0 Å². The second kappa shape index (κ2) is 3.25. The molecule has 0 spiro atoms. The van der Waals surface area contributed by atoms with Crippen LogP contribution in [0.4, 0.5) is 0 Å². The molecule has 0 aromatic carbocycles. The predicted octanol–water partition coefficient (Wildman–Crippen LogP) is 1.55. The van der Waals surface area contributed by atoms with Crippen molar-refractivity contribution in [2.24, 2.45) is 11.8 Å². The monoisotopic (exact) mass is 181 g/mol. The van der Waals surface area contributed by atoms with Crippen molar-refractivity contribution in [2.45, 2.75) is 44.3 Å². The van der Waals surface area contributed by atoms with Gasteiger partial charge in [0.1, 0.15) is 0 Å². The van der Waals surface area contributed by atoms with E-state index in [0.717, 1.165) is 24.9 Å². The molecule has 1 heterocycles. The topological polar surface area (TPSA) is 21.3 Å². The van der Waals surface area contributed by atoms with E-state index >= 15 is 0 Å². The molecule has 2 bridgehead atoms. The lowest BCUT2D eigenvalue weighted by atomic mass is 9.97. The maximum Gasteiger partial charge on any atom is 0.0715 e. The minimum absolute atomic E-state index is 0.532. The first-order chi connectivity index (χ1) is 6.42. The van der Waals surface area contributed by atoms with Crippen LogP contribution in [-0.4, -0.2) is 25.3 Å². The molecule has 0 aromatic heterocycles. The van der Waals surface area contributed by atoms with Crippen molar-refractivity contribution in [3.05, 3.63) is 0 Å². The zero-order chi connectivity index (χ0) is 8.67. The number of hydrogen-bond acceptors (Lipinski definition) is 2. The van der Waals surface area contributed by atoms with Crippen LogP contribution in [0.3, 0.4) is 0 Å². The molecule has 3 fully saturated rings. The van der Waals surface area contributed by atoms with Crippen LogP contribution in [0.5, 0.6) is 0 Å². The second-order valence-corrected chi connectivity index (χ2v) is 4.96. The van der Waals surface area contributed by atoms with Gasteiger partial charge < -0.3 is 10.1 Å². The minimum Gasteiger partial charge on any atom is -0.373 e. The number of fused-ring (bicyclic) bond motifs is 2. The van der Waals surface area contributed by atoms with Crippen molar-refractivity contribution in [1.29, 1.82) is 0 Å². The van der Waals surface area contributed by atoms with Crippen molar-refractivity contribution in [3.63, 3.8) is 0 Å². The van der Waals surface area contributed by atoms with Gasteiger partial charge in [0.2, 0.25) is 0 Å². The zero-order valence-electron chi connectivity index (χ0n) is 8.17. The molecule has 1 saturated heterocycles. The fraction of sp³-hybridized carbons (Fsp3) is 1.00. The van der Waals surface area contributed by atoms with E-state index in [2.05, 4.69) is 5.32 Å². The highest BCUT2D eigenvalue weighted by molar-refractivity contribution is 4.91. The van der Waals surface area contributed by atoms with Crippen molar-refractivity contribution in [2.75, 3.05) is 13.1 Å². The Labute approximate surface area is 80.0 Å². The second-order valence-electron chi connectivity index (χ2n) is 4.96. The maximum absolute atomic E-state index is 6.14. The highest BCUT2D eigenvalue weighted by Gasteiger charge is 2.41. The summed E-state index contributed by atoms with van der Waals surface area (Å²) in [4.78, 5) is 0. The zero-order valence-corrected chi connectivity index (χ0v) is 8.17. The van der Waals surface area contributed by atoms with Crippen LogP contribution >= 0.6 is 0 Å². The molecule has 4 unspecified atom stereocenters. The molecule has 2 heteroatoms. The molecular weight excluding hydrogens is 162 g/mol. The van der Waals surface area contributed by atoms with Gasteiger partial charge in [-0.25, -0.2) is 0 Å². The molecule has 1 N–H and O–H groups in total. The normalized spacial score (nSPS) is 48.9. The Morgan fingerprint density at radius 3 is 2.69 bits per heavy atom. The Morgan fingerprint density at radius 2 is 2.08 bits per heavy atom. The molecule has 3 aliphatic rings. The predicted molar refractivity (Wildman–Crippen MR) is 51.6 cm³/mol. The molecule has 2 nitrogen and oxygen atoms in total. The Hall–Kier alpha value is -0.0800. The first-order valence-electron chi connectivity index (χ1n) is 5.78. The highest BCUT2D eigenvalue weighted by Crippen LogP contribution is 2.46. The van der Waals surface area contributed by atoms with E-state index in [1.54, 1.807) is 0 Å². The van der Waals surface area contributed by atoms with E-state index in [-0.39, 0.29) is 0 Å². The standard InChI is InChI=1S/C11H19NO/c1-2-9-5-8(1)6-11(9)13-10-3-4-12-7-10/h8-12H,1-7H2. The van der Waals surface area contributed by atoms with Gasteiger partial charge in [-0.15, -0.1) is 0 Å². The molecule has 13 heavy (non-hydrogen) atoms. The summed E-state index contributed by atoms with van der Waals surface area (Å²) < 4.78 is 6.14. The summed E-state index contributed by atoms with van der Waals surface area (Å²) in [5.41, 5.74) is 0. The third kappa shape index (κ3) is 1.50. The van der Waals surface area contributed by atoms with Gasteiger partial charge >= 0.3 is 0 Å².